The van der Waals surface area contributed by atoms with E-state index in [0.717, 1.165) is 44.9 Å². The molecule has 0 aliphatic rings. The van der Waals surface area contributed by atoms with Crippen LogP contribution in [-0.4, -0.2) is 37.9 Å². The van der Waals surface area contributed by atoms with Crippen LogP contribution in [0.3, 0.4) is 0 Å². The summed E-state index contributed by atoms with van der Waals surface area (Å²) < 4.78 is 17.4. The maximum absolute atomic E-state index is 12.8. The van der Waals surface area contributed by atoms with Crippen LogP contribution in [0.5, 0.6) is 0 Å². The molecule has 1 atom stereocenters. The molecule has 57 heavy (non-hydrogen) atoms. The molecule has 0 aromatic rings. The molecule has 0 aliphatic carbocycles. The summed E-state index contributed by atoms with van der Waals surface area (Å²) in [6.45, 7) is 7.86. The maximum atomic E-state index is 12.8. The molecule has 0 fully saturated rings. The van der Waals surface area contributed by atoms with Crippen LogP contribution in [0.15, 0.2) is 12.2 Å². The molecule has 0 amide bonds. The fourth-order valence-corrected chi connectivity index (χ4v) is 7.68. The predicted molar refractivity (Wildman–Crippen MR) is 247 cm³/mol. The summed E-state index contributed by atoms with van der Waals surface area (Å²) in [6, 6.07) is 0. The first kappa shape index (κ1) is 55.6. The molecule has 0 spiro atoms. The van der Waals surface area contributed by atoms with Crippen LogP contribution in [-0.2, 0) is 23.8 Å². The molecule has 0 aliphatic heterocycles. The largest absolute Gasteiger partial charge is 0.462 e. The molecule has 0 radical (unpaired) electrons. The monoisotopic (exact) mass is 805 g/mol. The Labute approximate surface area is 356 Å². The lowest BCUT2D eigenvalue weighted by Gasteiger charge is -2.18. The van der Waals surface area contributed by atoms with Crippen molar-refractivity contribution in [2.75, 3.05) is 19.8 Å². The number of rotatable bonds is 48. The number of unbranched alkanes of at least 4 members (excludes halogenated alkanes) is 35. The van der Waals surface area contributed by atoms with E-state index in [9.17, 15) is 9.59 Å². The van der Waals surface area contributed by atoms with Gasteiger partial charge < -0.3 is 14.2 Å². The number of carbonyl (C=O) groups excluding carboxylic acids is 2. The van der Waals surface area contributed by atoms with E-state index in [1.54, 1.807) is 0 Å². The zero-order chi connectivity index (χ0) is 41.4. The van der Waals surface area contributed by atoms with Crippen LogP contribution in [0.1, 0.15) is 284 Å². The summed E-state index contributed by atoms with van der Waals surface area (Å²) in [6.07, 6.45) is 55.0. The highest BCUT2D eigenvalue weighted by molar-refractivity contribution is 5.70. The molecule has 0 saturated carbocycles. The topological polar surface area (TPSA) is 61.8 Å². The van der Waals surface area contributed by atoms with Gasteiger partial charge >= 0.3 is 11.9 Å². The van der Waals surface area contributed by atoms with Crippen molar-refractivity contribution in [3.8, 4) is 0 Å². The van der Waals surface area contributed by atoms with Crippen molar-refractivity contribution in [2.45, 2.75) is 290 Å². The first-order chi connectivity index (χ1) is 28.1. The Bertz CT molecular complexity index is 825. The van der Waals surface area contributed by atoms with Crippen molar-refractivity contribution < 1.29 is 23.8 Å². The van der Waals surface area contributed by atoms with E-state index in [0.29, 0.717) is 26.1 Å². The number of hydrogen-bond acceptors (Lipinski definition) is 5. The molecule has 0 aromatic heterocycles. The van der Waals surface area contributed by atoms with E-state index < -0.39 is 6.10 Å². The van der Waals surface area contributed by atoms with Crippen molar-refractivity contribution >= 4 is 11.9 Å². The van der Waals surface area contributed by atoms with Crippen LogP contribution < -0.4 is 0 Å². The molecular formula is C52H100O5. The predicted octanol–water partition coefficient (Wildman–Crippen LogP) is 17.1. The quantitative estimate of drug-likeness (QED) is 0.0348. The van der Waals surface area contributed by atoms with Crippen molar-refractivity contribution in [1.82, 2.24) is 0 Å². The Kier molecular flexibility index (Phi) is 47.8. The highest BCUT2D eigenvalue weighted by Crippen LogP contribution is 2.16. The van der Waals surface area contributed by atoms with Crippen molar-refractivity contribution in [3.05, 3.63) is 12.2 Å². The third-order valence-corrected chi connectivity index (χ3v) is 11.6. The van der Waals surface area contributed by atoms with Crippen molar-refractivity contribution in [2.24, 2.45) is 0 Å². The van der Waals surface area contributed by atoms with Crippen LogP contribution in [0.25, 0.3) is 0 Å². The number of ether oxygens (including phenoxy) is 3. The second-order valence-electron chi connectivity index (χ2n) is 17.4. The molecule has 5 heteroatoms. The van der Waals surface area contributed by atoms with E-state index in [4.69, 9.17) is 14.2 Å². The van der Waals surface area contributed by atoms with Crippen LogP contribution in [0, 0.1) is 0 Å². The van der Waals surface area contributed by atoms with Gasteiger partial charge in [0.1, 0.15) is 6.61 Å². The highest BCUT2D eigenvalue weighted by Gasteiger charge is 2.17. The molecule has 5 nitrogen and oxygen atoms in total. The third-order valence-electron chi connectivity index (χ3n) is 11.6. The van der Waals surface area contributed by atoms with Crippen LogP contribution >= 0.6 is 0 Å². The summed E-state index contributed by atoms with van der Waals surface area (Å²) >= 11 is 0. The van der Waals surface area contributed by atoms with E-state index in [-0.39, 0.29) is 18.5 Å². The normalized spacial score (nSPS) is 12.1. The van der Waals surface area contributed by atoms with Gasteiger partial charge in [-0.3, -0.25) is 9.59 Å². The second kappa shape index (κ2) is 49.0. The van der Waals surface area contributed by atoms with Gasteiger partial charge in [0.2, 0.25) is 0 Å². The smallest absolute Gasteiger partial charge is 0.306 e. The van der Waals surface area contributed by atoms with E-state index in [1.807, 2.05) is 0 Å². The molecule has 0 heterocycles. The lowest BCUT2D eigenvalue weighted by Crippen LogP contribution is -2.30. The van der Waals surface area contributed by atoms with Gasteiger partial charge in [-0.25, -0.2) is 0 Å². The molecule has 0 bridgehead atoms. The lowest BCUT2D eigenvalue weighted by atomic mass is 10.0. The number of esters is 2. The van der Waals surface area contributed by atoms with E-state index in [2.05, 4.69) is 32.9 Å². The molecule has 0 saturated heterocycles. The van der Waals surface area contributed by atoms with Gasteiger partial charge in [0.25, 0.3) is 0 Å². The molecule has 338 valence electrons. The Morgan fingerprint density at radius 2 is 0.684 bits per heavy atom. The lowest BCUT2D eigenvalue weighted by molar-refractivity contribution is -0.163. The fourth-order valence-electron chi connectivity index (χ4n) is 7.68. The van der Waals surface area contributed by atoms with E-state index >= 15 is 0 Å². The van der Waals surface area contributed by atoms with Crippen molar-refractivity contribution in [1.29, 1.82) is 0 Å². The Morgan fingerprint density at radius 1 is 0.368 bits per heavy atom. The summed E-state index contributed by atoms with van der Waals surface area (Å²) in [7, 11) is 0. The Hall–Kier alpha value is -1.36. The second-order valence-corrected chi connectivity index (χ2v) is 17.4. The van der Waals surface area contributed by atoms with Gasteiger partial charge in [-0.1, -0.05) is 238 Å². The minimum atomic E-state index is -0.528. The van der Waals surface area contributed by atoms with Gasteiger partial charge in [-0.2, -0.15) is 0 Å². The molecule has 0 unspecified atom stereocenters. The number of hydrogen-bond donors (Lipinski definition) is 0. The average molecular weight is 805 g/mol. The number of carbonyl (C=O) groups is 2. The zero-order valence-electron chi connectivity index (χ0n) is 38.9. The fraction of sp³-hybridized carbons (Fsp3) is 0.923. The van der Waals surface area contributed by atoms with Gasteiger partial charge in [0.15, 0.2) is 6.10 Å². The summed E-state index contributed by atoms with van der Waals surface area (Å²) in [5.74, 6) is -0.388. The Morgan fingerprint density at radius 3 is 1.09 bits per heavy atom. The summed E-state index contributed by atoms with van der Waals surface area (Å²) in [5, 5.41) is 0. The summed E-state index contributed by atoms with van der Waals surface area (Å²) in [5.41, 5.74) is 0. The van der Waals surface area contributed by atoms with Crippen LogP contribution in [0.4, 0.5) is 0 Å². The minimum absolute atomic E-state index is 0.0900. The van der Waals surface area contributed by atoms with Gasteiger partial charge in [-0.05, 0) is 44.9 Å². The number of allylic oxidation sites excluding steroid dienone is 2. The molecule has 0 rings (SSSR count). The van der Waals surface area contributed by atoms with Gasteiger partial charge in [0, 0.05) is 19.4 Å². The van der Waals surface area contributed by atoms with Gasteiger partial charge in [-0.15, -0.1) is 0 Å². The third kappa shape index (κ3) is 47.2. The minimum Gasteiger partial charge on any atom is -0.462 e. The maximum Gasteiger partial charge on any atom is 0.306 e. The Balaban J connectivity index is 4.20. The van der Waals surface area contributed by atoms with E-state index in [1.165, 1.54) is 205 Å². The average Bonchev–Trinajstić information content (AvgIpc) is 3.21. The molecule has 0 N–H and O–H groups in total. The summed E-state index contributed by atoms with van der Waals surface area (Å²) in [4.78, 5) is 25.3. The van der Waals surface area contributed by atoms with Crippen LogP contribution in [0.2, 0.25) is 0 Å². The highest BCUT2D eigenvalue weighted by atomic mass is 16.6. The SMILES string of the molecule is CCCCCC/C=C\CCCCCCCC(=O)OC[C@@H](COCCCCCCCCCCCCCCCCCC)OC(=O)CCCCCCCCCCCCCC. The molecule has 0 aromatic carbocycles. The first-order valence-electron chi connectivity index (χ1n) is 25.7. The standard InChI is InChI=1S/C52H100O5/c1-4-7-10-13-16-19-22-25-26-27-29-32-35-38-41-44-47-55-48-50(57-52(54)46-43-40-37-34-30-24-21-18-15-12-9-6-3)49-56-51(53)45-42-39-36-33-31-28-23-20-17-14-11-8-5-2/h20,23,50H,4-19,21-22,24-49H2,1-3H3/b23-20-/t50-/m1/s1. The first-order valence-corrected chi connectivity index (χ1v) is 25.7. The molecular weight excluding hydrogens is 705 g/mol. The van der Waals surface area contributed by atoms with Gasteiger partial charge in [0.05, 0.1) is 6.61 Å². The van der Waals surface area contributed by atoms with Crippen molar-refractivity contribution in [3.63, 3.8) is 0 Å². The zero-order valence-corrected chi connectivity index (χ0v) is 38.9.